The van der Waals surface area contributed by atoms with Crippen LogP contribution in [-0.2, 0) is 4.79 Å². The van der Waals surface area contributed by atoms with Gasteiger partial charge in [0, 0.05) is 23.6 Å². The Morgan fingerprint density at radius 3 is 2.76 bits per heavy atom. The second kappa shape index (κ2) is 8.65. The van der Waals surface area contributed by atoms with Crippen molar-refractivity contribution in [1.82, 2.24) is 9.78 Å². The Hall–Kier alpha value is -1.63. The number of nitrogens with zero attached hydrogens (tertiary/aromatic N) is 2. The lowest BCUT2D eigenvalue weighted by molar-refractivity contribution is -0.122. The Morgan fingerprint density at radius 2 is 2.16 bits per heavy atom. The monoisotopic (exact) mass is 388 g/mol. The van der Waals surface area contributed by atoms with Crippen molar-refractivity contribution < 1.29 is 9.18 Å². The lowest BCUT2D eigenvalue weighted by atomic mass is 9.74. The molecule has 3 rings (SSSR count). The topological polar surface area (TPSA) is 72.9 Å². The Labute approximate surface area is 159 Å². The molecule has 1 heterocycles. The Bertz CT molecular complexity index is 707. The molecule has 2 atom stereocenters. The third kappa shape index (κ3) is 4.71. The van der Waals surface area contributed by atoms with Crippen LogP contribution in [0, 0.1) is 11.7 Å². The van der Waals surface area contributed by atoms with Crippen LogP contribution in [0.15, 0.2) is 36.7 Å². The molecule has 0 bridgehead atoms. The normalized spacial score (nSPS) is 22.4. The summed E-state index contributed by atoms with van der Waals surface area (Å²) in [5.41, 5.74) is 6.52. The number of amides is 1. The number of carbonyl (C=O) groups is 1. The van der Waals surface area contributed by atoms with Crippen LogP contribution in [0.1, 0.15) is 32.6 Å². The molecule has 1 aliphatic rings. The second-order valence-electron chi connectivity index (χ2n) is 6.41. The van der Waals surface area contributed by atoms with Crippen LogP contribution in [-0.4, -0.2) is 21.2 Å². The van der Waals surface area contributed by atoms with Gasteiger partial charge >= 0.3 is 0 Å². The van der Waals surface area contributed by atoms with Crippen molar-refractivity contribution in [3.8, 4) is 5.69 Å². The predicted molar refractivity (Wildman–Crippen MR) is 101 cm³/mol. The molecule has 8 heteroatoms. The SMILES string of the molecule is CC1(N)CCCCC1C(=O)Nc1ccc(-n2cccn2)c(F)c1.Cl.Cl. The Kier molecular flexibility index (Phi) is 7.41. The van der Waals surface area contributed by atoms with Gasteiger partial charge in [-0.1, -0.05) is 12.8 Å². The molecule has 2 aromatic rings. The Morgan fingerprint density at radius 1 is 1.40 bits per heavy atom. The fourth-order valence-electron chi connectivity index (χ4n) is 3.20. The van der Waals surface area contributed by atoms with E-state index < -0.39 is 11.4 Å². The number of carbonyl (C=O) groups excluding carboxylic acids is 1. The van der Waals surface area contributed by atoms with E-state index in [9.17, 15) is 9.18 Å². The maximum Gasteiger partial charge on any atom is 0.229 e. The summed E-state index contributed by atoms with van der Waals surface area (Å²) in [7, 11) is 0. The third-order valence-electron chi connectivity index (χ3n) is 4.54. The van der Waals surface area contributed by atoms with E-state index in [4.69, 9.17) is 5.73 Å². The fourth-order valence-corrected chi connectivity index (χ4v) is 3.20. The molecule has 1 amide bonds. The molecular weight excluding hydrogens is 366 g/mol. The maximum absolute atomic E-state index is 14.2. The molecular formula is C17H23Cl2FN4O. The zero-order valence-corrected chi connectivity index (χ0v) is 15.6. The lowest BCUT2D eigenvalue weighted by Crippen LogP contribution is -2.51. The standard InChI is InChI=1S/C17H21FN4O.2ClH/c1-17(19)8-3-2-5-13(17)16(23)21-12-6-7-15(14(18)11-12)22-10-4-9-20-22;;/h4,6-7,9-11,13H,2-3,5,8,19H2,1H3,(H,21,23);2*1H. The summed E-state index contributed by atoms with van der Waals surface area (Å²) in [6.07, 6.45) is 6.89. The van der Waals surface area contributed by atoms with Gasteiger partial charge < -0.3 is 11.1 Å². The van der Waals surface area contributed by atoms with Crippen molar-refractivity contribution in [2.24, 2.45) is 11.7 Å². The minimum atomic E-state index is -0.504. The molecule has 0 spiro atoms. The van der Waals surface area contributed by atoms with Crippen LogP contribution in [0.3, 0.4) is 0 Å². The maximum atomic E-state index is 14.2. The van der Waals surface area contributed by atoms with Crippen molar-refractivity contribution in [3.05, 3.63) is 42.5 Å². The van der Waals surface area contributed by atoms with Crippen molar-refractivity contribution in [2.45, 2.75) is 38.1 Å². The number of nitrogens with two attached hydrogens (primary N) is 1. The van der Waals surface area contributed by atoms with Gasteiger partial charge in [0.25, 0.3) is 0 Å². The highest BCUT2D eigenvalue weighted by Gasteiger charge is 2.37. The van der Waals surface area contributed by atoms with Crippen molar-refractivity contribution in [2.75, 3.05) is 5.32 Å². The van der Waals surface area contributed by atoms with Crippen LogP contribution in [0.5, 0.6) is 0 Å². The summed E-state index contributed by atoms with van der Waals surface area (Å²) in [5.74, 6) is -0.823. The van der Waals surface area contributed by atoms with E-state index in [2.05, 4.69) is 10.4 Å². The molecule has 1 saturated carbocycles. The molecule has 0 aliphatic heterocycles. The molecule has 1 aromatic carbocycles. The highest BCUT2D eigenvalue weighted by atomic mass is 35.5. The summed E-state index contributed by atoms with van der Waals surface area (Å²) >= 11 is 0. The number of nitrogens with one attached hydrogen (secondary N) is 1. The number of halogens is 3. The van der Waals surface area contributed by atoms with Crippen LogP contribution < -0.4 is 11.1 Å². The van der Waals surface area contributed by atoms with Crippen LogP contribution in [0.4, 0.5) is 10.1 Å². The van der Waals surface area contributed by atoms with Crippen LogP contribution in [0.2, 0.25) is 0 Å². The molecule has 0 saturated heterocycles. The summed E-state index contributed by atoms with van der Waals surface area (Å²) < 4.78 is 15.7. The van der Waals surface area contributed by atoms with E-state index in [1.54, 1.807) is 30.6 Å². The summed E-state index contributed by atoms with van der Waals surface area (Å²) in [5, 5.41) is 6.80. The Balaban J connectivity index is 0.00000156. The van der Waals surface area contributed by atoms with E-state index in [0.717, 1.165) is 25.7 Å². The zero-order valence-electron chi connectivity index (χ0n) is 13.9. The average molecular weight is 389 g/mol. The number of benzene rings is 1. The molecule has 1 aromatic heterocycles. The molecule has 0 radical (unpaired) electrons. The second-order valence-corrected chi connectivity index (χ2v) is 6.41. The first-order valence-corrected chi connectivity index (χ1v) is 7.87. The summed E-state index contributed by atoms with van der Waals surface area (Å²) in [4.78, 5) is 12.5. The van der Waals surface area contributed by atoms with Gasteiger partial charge in [-0.3, -0.25) is 4.79 Å². The quantitative estimate of drug-likeness (QED) is 0.841. The first kappa shape index (κ1) is 21.4. The first-order chi connectivity index (χ1) is 11.0. The van der Waals surface area contributed by atoms with Crippen LogP contribution >= 0.6 is 24.8 Å². The molecule has 1 fully saturated rings. The van der Waals surface area contributed by atoms with Crippen molar-refractivity contribution >= 4 is 36.4 Å². The highest BCUT2D eigenvalue weighted by molar-refractivity contribution is 5.93. The van der Waals surface area contributed by atoms with E-state index >= 15 is 0 Å². The highest BCUT2D eigenvalue weighted by Crippen LogP contribution is 2.32. The number of hydrogen-bond acceptors (Lipinski definition) is 3. The largest absolute Gasteiger partial charge is 0.326 e. The van der Waals surface area contributed by atoms with E-state index in [-0.39, 0.29) is 36.6 Å². The summed E-state index contributed by atoms with van der Waals surface area (Å²) in [6, 6.07) is 6.31. The van der Waals surface area contributed by atoms with Gasteiger partial charge in [0.1, 0.15) is 5.69 Å². The van der Waals surface area contributed by atoms with Crippen molar-refractivity contribution in [1.29, 1.82) is 0 Å². The molecule has 3 N–H and O–H groups in total. The van der Waals surface area contributed by atoms with Gasteiger partial charge in [-0.2, -0.15) is 5.10 Å². The van der Waals surface area contributed by atoms with E-state index in [1.807, 2.05) is 6.92 Å². The lowest BCUT2D eigenvalue weighted by Gasteiger charge is -2.37. The minimum Gasteiger partial charge on any atom is -0.326 e. The number of aromatic nitrogens is 2. The van der Waals surface area contributed by atoms with Gasteiger partial charge in [-0.25, -0.2) is 9.07 Å². The van der Waals surface area contributed by atoms with Crippen molar-refractivity contribution in [3.63, 3.8) is 0 Å². The molecule has 2 unspecified atom stereocenters. The van der Waals surface area contributed by atoms with E-state index in [0.29, 0.717) is 11.4 Å². The van der Waals surface area contributed by atoms with Gasteiger partial charge in [-0.05, 0) is 44.0 Å². The summed E-state index contributed by atoms with van der Waals surface area (Å²) in [6.45, 7) is 1.91. The zero-order chi connectivity index (χ0) is 16.4. The minimum absolute atomic E-state index is 0. The fraction of sp³-hybridized carbons (Fsp3) is 0.412. The first-order valence-electron chi connectivity index (χ1n) is 7.87. The smallest absolute Gasteiger partial charge is 0.229 e. The number of anilines is 1. The molecule has 5 nitrogen and oxygen atoms in total. The van der Waals surface area contributed by atoms with Gasteiger partial charge in [-0.15, -0.1) is 24.8 Å². The van der Waals surface area contributed by atoms with Gasteiger partial charge in [0.05, 0.1) is 5.92 Å². The number of rotatable bonds is 3. The van der Waals surface area contributed by atoms with Gasteiger partial charge in [0.2, 0.25) is 5.91 Å². The van der Waals surface area contributed by atoms with Gasteiger partial charge in [0.15, 0.2) is 5.82 Å². The van der Waals surface area contributed by atoms with E-state index in [1.165, 1.54) is 10.7 Å². The number of hydrogen-bond donors (Lipinski definition) is 2. The third-order valence-corrected chi connectivity index (χ3v) is 4.54. The predicted octanol–water partition coefficient (Wildman–Crippen LogP) is 3.70. The van der Waals surface area contributed by atoms with Crippen LogP contribution in [0.25, 0.3) is 5.69 Å². The average Bonchev–Trinajstić information content (AvgIpc) is 3.00. The molecule has 25 heavy (non-hydrogen) atoms. The molecule has 138 valence electrons. The molecule has 1 aliphatic carbocycles.